The van der Waals surface area contributed by atoms with E-state index in [4.69, 9.17) is 0 Å². The van der Waals surface area contributed by atoms with E-state index in [1.165, 1.54) is 10.9 Å². The highest BCUT2D eigenvalue weighted by Crippen LogP contribution is 2.17. The van der Waals surface area contributed by atoms with Crippen molar-refractivity contribution in [1.29, 1.82) is 0 Å². The number of thiazole rings is 1. The van der Waals surface area contributed by atoms with Gasteiger partial charge in [-0.15, -0.1) is 11.3 Å². The molecule has 2 aromatic rings. The maximum Gasteiger partial charge on any atom is 0.191 e. The first-order valence-corrected chi connectivity index (χ1v) is 9.88. The fourth-order valence-electron chi connectivity index (χ4n) is 2.36. The SMILES string of the molecule is CN=C(NCc1ccc(F)cc1CSC)NCc1sc(C)nc1C. The average Bonchev–Trinajstić information content (AvgIpc) is 2.87. The summed E-state index contributed by atoms with van der Waals surface area (Å²) in [5.41, 5.74) is 3.15. The molecule has 1 heterocycles. The highest BCUT2D eigenvalue weighted by Gasteiger charge is 2.08. The number of thioether (sulfide) groups is 1. The maximum atomic E-state index is 13.4. The number of nitrogens with one attached hydrogen (secondary N) is 2. The van der Waals surface area contributed by atoms with Crippen molar-refractivity contribution in [1.82, 2.24) is 15.6 Å². The zero-order valence-electron chi connectivity index (χ0n) is 14.4. The first kappa shape index (κ1) is 18.7. The van der Waals surface area contributed by atoms with Crippen molar-refractivity contribution < 1.29 is 4.39 Å². The Morgan fingerprint density at radius 1 is 1.25 bits per heavy atom. The molecule has 0 spiro atoms. The minimum absolute atomic E-state index is 0.193. The number of aliphatic imine (C=N–C) groups is 1. The smallest absolute Gasteiger partial charge is 0.191 e. The molecule has 0 bridgehead atoms. The molecule has 0 atom stereocenters. The molecule has 0 aliphatic carbocycles. The molecule has 0 unspecified atom stereocenters. The van der Waals surface area contributed by atoms with E-state index in [9.17, 15) is 4.39 Å². The molecule has 0 aliphatic heterocycles. The second-order valence-electron chi connectivity index (χ2n) is 5.37. The minimum Gasteiger partial charge on any atom is -0.352 e. The van der Waals surface area contributed by atoms with Crippen LogP contribution in [0.4, 0.5) is 4.39 Å². The van der Waals surface area contributed by atoms with E-state index in [-0.39, 0.29) is 5.82 Å². The summed E-state index contributed by atoms with van der Waals surface area (Å²) in [4.78, 5) is 9.88. The fraction of sp³-hybridized carbons (Fsp3) is 0.412. The van der Waals surface area contributed by atoms with Crippen LogP contribution >= 0.6 is 23.1 Å². The Bertz CT molecular complexity index is 713. The van der Waals surface area contributed by atoms with Crippen LogP contribution in [0.1, 0.15) is 26.7 Å². The van der Waals surface area contributed by atoms with E-state index >= 15 is 0 Å². The number of aromatic nitrogens is 1. The summed E-state index contributed by atoms with van der Waals surface area (Å²) in [5, 5.41) is 7.66. The van der Waals surface area contributed by atoms with E-state index in [0.717, 1.165) is 33.5 Å². The van der Waals surface area contributed by atoms with Gasteiger partial charge in [0.05, 0.1) is 17.2 Å². The third kappa shape index (κ3) is 5.21. The third-order valence-corrected chi connectivity index (χ3v) is 5.23. The molecular formula is C17H23FN4S2. The molecule has 0 fully saturated rings. The number of guanidine groups is 1. The predicted molar refractivity (Wildman–Crippen MR) is 102 cm³/mol. The van der Waals surface area contributed by atoms with Crippen molar-refractivity contribution in [2.45, 2.75) is 32.7 Å². The summed E-state index contributed by atoms with van der Waals surface area (Å²) in [6.07, 6.45) is 2.02. The van der Waals surface area contributed by atoms with Gasteiger partial charge in [-0.1, -0.05) is 6.07 Å². The Labute approximate surface area is 151 Å². The highest BCUT2D eigenvalue weighted by molar-refractivity contribution is 7.97. The summed E-state index contributed by atoms with van der Waals surface area (Å²) in [7, 11) is 1.74. The summed E-state index contributed by atoms with van der Waals surface area (Å²) in [6.45, 7) is 5.33. The summed E-state index contributed by atoms with van der Waals surface area (Å²) in [5.74, 6) is 1.32. The summed E-state index contributed by atoms with van der Waals surface area (Å²) < 4.78 is 13.4. The molecule has 7 heteroatoms. The predicted octanol–water partition coefficient (Wildman–Crippen LogP) is 3.63. The van der Waals surface area contributed by atoms with Gasteiger partial charge in [0.15, 0.2) is 5.96 Å². The monoisotopic (exact) mass is 366 g/mol. The first-order chi connectivity index (χ1) is 11.5. The van der Waals surface area contributed by atoms with Gasteiger partial charge in [0.25, 0.3) is 0 Å². The number of hydrogen-bond acceptors (Lipinski definition) is 4. The molecule has 4 nitrogen and oxygen atoms in total. The maximum absolute atomic E-state index is 13.4. The van der Waals surface area contributed by atoms with Gasteiger partial charge in [0.1, 0.15) is 5.82 Å². The second-order valence-corrected chi connectivity index (χ2v) is 7.52. The molecular weight excluding hydrogens is 343 g/mol. The molecule has 1 aromatic carbocycles. The number of benzene rings is 1. The standard InChI is InChI=1S/C17H23FN4S2/c1-11-16(24-12(2)22-11)9-21-17(19-3)20-8-13-5-6-15(18)7-14(13)10-23-4/h5-7H,8-10H2,1-4H3,(H2,19,20,21). The zero-order valence-corrected chi connectivity index (χ0v) is 16.1. The van der Waals surface area contributed by atoms with E-state index in [2.05, 4.69) is 20.6 Å². The molecule has 24 heavy (non-hydrogen) atoms. The lowest BCUT2D eigenvalue weighted by Gasteiger charge is -2.14. The topological polar surface area (TPSA) is 49.3 Å². The van der Waals surface area contributed by atoms with Crippen molar-refractivity contribution in [2.24, 2.45) is 4.99 Å². The summed E-state index contributed by atoms with van der Waals surface area (Å²) >= 11 is 3.37. The van der Waals surface area contributed by atoms with Gasteiger partial charge in [0, 0.05) is 24.2 Å². The number of nitrogens with zero attached hydrogens (tertiary/aromatic N) is 2. The van der Waals surface area contributed by atoms with E-state index in [0.29, 0.717) is 13.1 Å². The molecule has 0 saturated carbocycles. The zero-order chi connectivity index (χ0) is 17.5. The Kier molecular flexibility index (Phi) is 7.05. The van der Waals surface area contributed by atoms with Gasteiger partial charge in [-0.2, -0.15) is 11.8 Å². The van der Waals surface area contributed by atoms with Crippen LogP contribution in [0, 0.1) is 19.7 Å². The van der Waals surface area contributed by atoms with Crippen LogP contribution in [0.15, 0.2) is 23.2 Å². The highest BCUT2D eigenvalue weighted by atomic mass is 32.2. The lowest BCUT2D eigenvalue weighted by atomic mass is 10.1. The Hall–Kier alpha value is -1.60. The van der Waals surface area contributed by atoms with Crippen molar-refractivity contribution in [3.8, 4) is 0 Å². The first-order valence-electron chi connectivity index (χ1n) is 7.67. The van der Waals surface area contributed by atoms with Gasteiger partial charge < -0.3 is 10.6 Å². The van der Waals surface area contributed by atoms with Crippen LogP contribution in [0.25, 0.3) is 0 Å². The van der Waals surface area contributed by atoms with Crippen molar-refractivity contribution in [3.63, 3.8) is 0 Å². The largest absolute Gasteiger partial charge is 0.352 e. The Morgan fingerprint density at radius 3 is 2.62 bits per heavy atom. The molecule has 2 N–H and O–H groups in total. The minimum atomic E-state index is -0.193. The van der Waals surface area contributed by atoms with Gasteiger partial charge >= 0.3 is 0 Å². The van der Waals surface area contributed by atoms with Crippen LogP contribution in [-0.4, -0.2) is 24.2 Å². The van der Waals surface area contributed by atoms with Gasteiger partial charge in [-0.25, -0.2) is 9.37 Å². The fourth-order valence-corrected chi connectivity index (χ4v) is 3.81. The van der Waals surface area contributed by atoms with E-state index in [1.54, 1.807) is 36.2 Å². The Morgan fingerprint density at radius 2 is 2.00 bits per heavy atom. The number of rotatable bonds is 6. The molecule has 0 radical (unpaired) electrons. The van der Waals surface area contributed by atoms with Crippen LogP contribution in [0.2, 0.25) is 0 Å². The molecule has 2 rings (SSSR count). The summed E-state index contributed by atoms with van der Waals surface area (Å²) in [6, 6.07) is 4.94. The van der Waals surface area contributed by atoms with Gasteiger partial charge in [-0.05, 0) is 43.4 Å². The lowest BCUT2D eigenvalue weighted by Crippen LogP contribution is -2.36. The number of halogens is 1. The molecule has 0 aliphatic rings. The molecule has 1 aromatic heterocycles. The number of hydrogen-bond donors (Lipinski definition) is 2. The lowest BCUT2D eigenvalue weighted by molar-refractivity contribution is 0.625. The molecule has 130 valence electrons. The quantitative estimate of drug-likeness (QED) is 0.605. The van der Waals surface area contributed by atoms with Crippen molar-refractivity contribution >= 4 is 29.1 Å². The van der Waals surface area contributed by atoms with Crippen molar-refractivity contribution in [2.75, 3.05) is 13.3 Å². The Balaban J connectivity index is 1.95. The van der Waals surface area contributed by atoms with E-state index < -0.39 is 0 Å². The number of aryl methyl sites for hydroxylation is 2. The second kappa shape index (κ2) is 9.03. The van der Waals surface area contributed by atoms with E-state index in [1.807, 2.05) is 26.2 Å². The van der Waals surface area contributed by atoms with Gasteiger partial charge in [0.2, 0.25) is 0 Å². The van der Waals surface area contributed by atoms with Crippen LogP contribution < -0.4 is 10.6 Å². The van der Waals surface area contributed by atoms with Crippen LogP contribution in [-0.2, 0) is 18.8 Å². The normalized spacial score (nSPS) is 11.6. The third-order valence-electron chi connectivity index (χ3n) is 3.55. The van der Waals surface area contributed by atoms with Crippen molar-refractivity contribution in [3.05, 3.63) is 50.7 Å². The van der Waals surface area contributed by atoms with Crippen LogP contribution in [0.3, 0.4) is 0 Å². The molecule has 0 saturated heterocycles. The van der Waals surface area contributed by atoms with Crippen LogP contribution in [0.5, 0.6) is 0 Å². The average molecular weight is 367 g/mol. The van der Waals surface area contributed by atoms with Gasteiger partial charge in [-0.3, -0.25) is 4.99 Å². The molecule has 0 amide bonds.